The molecule has 4 heterocycles. The second-order valence-electron chi connectivity index (χ2n) is 16.1. The zero-order chi connectivity index (χ0) is 47.1. The summed E-state index contributed by atoms with van der Waals surface area (Å²) in [5, 5.41) is 34.4. The van der Waals surface area contributed by atoms with Crippen molar-refractivity contribution in [1.29, 1.82) is 0 Å². The number of nitrogens with one attached hydrogen (secondary N) is 1. The molecule has 8 rings (SSSR count). The van der Waals surface area contributed by atoms with Crippen LogP contribution in [-0.2, 0) is 0 Å². The van der Waals surface area contributed by atoms with Gasteiger partial charge in [-0.05, 0) is 82.1 Å². The predicted octanol–water partition coefficient (Wildman–Crippen LogP) is 8.00. The maximum Gasteiger partial charge on any atom is 0.122 e. The molecule has 4 N–H and O–H groups in total. The Morgan fingerprint density at radius 3 is 1.52 bits per heavy atom. The van der Waals surface area contributed by atoms with Crippen molar-refractivity contribution in [1.82, 2.24) is 30.0 Å². The lowest BCUT2D eigenvalue weighted by atomic mass is 10.2. The maximum absolute atomic E-state index is 10.4. The van der Waals surface area contributed by atoms with Crippen LogP contribution in [0.1, 0.15) is 35.5 Å². The zero-order valence-electron chi connectivity index (χ0n) is 39.2. The van der Waals surface area contributed by atoms with Crippen molar-refractivity contribution in [3.63, 3.8) is 0 Å². The van der Waals surface area contributed by atoms with Crippen LogP contribution in [0, 0.1) is 27.7 Å². The highest BCUT2D eigenvalue weighted by atomic mass is 79.9. The number of nitrogens with zero attached hydrogens (tertiary/aromatic N) is 5. The number of β-amino-alcohol motifs (C(OH)–C–C–N with tert-alkyl or cyclic N) is 2. The second-order valence-corrected chi connectivity index (χ2v) is 19.3. The molecule has 2 fully saturated rings. The molecular weight excluding hydrogens is 953 g/mol. The number of thiazole rings is 2. The van der Waals surface area contributed by atoms with Gasteiger partial charge < -0.3 is 39.6 Å². The van der Waals surface area contributed by atoms with E-state index in [2.05, 4.69) is 58.9 Å². The molecule has 6 aromatic rings. The van der Waals surface area contributed by atoms with Crippen LogP contribution in [0.4, 0.5) is 0 Å². The van der Waals surface area contributed by atoms with Crippen LogP contribution in [0.5, 0.6) is 23.0 Å². The number of ether oxygens (including phenoxy) is 4. The molecule has 13 nitrogen and oxygen atoms in total. The Bertz CT molecular complexity index is 2290. The van der Waals surface area contributed by atoms with Crippen molar-refractivity contribution in [2.45, 2.75) is 54.3 Å². The summed E-state index contributed by atoms with van der Waals surface area (Å²) in [4.78, 5) is 15.9. The largest absolute Gasteiger partial charge is 0.492 e. The Morgan fingerprint density at radius 2 is 1.06 bits per heavy atom. The van der Waals surface area contributed by atoms with E-state index >= 15 is 0 Å². The molecule has 0 spiro atoms. The number of aryl methyl sites for hydroxylation is 4. The lowest BCUT2D eigenvalue weighted by Crippen LogP contribution is -2.50. The number of benzene rings is 4. The minimum absolute atomic E-state index is 0. The first kappa shape index (κ1) is 55.7. The average molecular weight is 1030 g/mol. The van der Waals surface area contributed by atoms with Gasteiger partial charge in [-0.3, -0.25) is 14.7 Å². The van der Waals surface area contributed by atoms with Crippen LogP contribution < -0.4 is 24.3 Å². The maximum atomic E-state index is 10.4. The van der Waals surface area contributed by atoms with E-state index in [4.69, 9.17) is 24.1 Å². The Kier molecular flexibility index (Phi) is 25.4. The topological polar surface area (TPSA) is 145 Å². The van der Waals surface area contributed by atoms with Crippen LogP contribution in [0.15, 0.2) is 84.9 Å². The lowest BCUT2D eigenvalue weighted by molar-refractivity contribution is 0.0436. The fourth-order valence-electron chi connectivity index (χ4n) is 7.27. The minimum atomic E-state index is -0.510. The molecule has 2 aliphatic heterocycles. The van der Waals surface area contributed by atoms with Gasteiger partial charge in [-0.15, -0.1) is 22.7 Å². The number of halogens is 1. The second kappa shape index (κ2) is 30.5. The van der Waals surface area contributed by atoms with Crippen molar-refractivity contribution in [2.24, 2.45) is 0 Å². The summed E-state index contributed by atoms with van der Waals surface area (Å²) in [6.45, 7) is 22.2. The van der Waals surface area contributed by atoms with Crippen molar-refractivity contribution >= 4 is 59.0 Å². The van der Waals surface area contributed by atoms with Gasteiger partial charge in [-0.25, -0.2) is 9.97 Å². The molecule has 2 aromatic heterocycles. The quantitative estimate of drug-likeness (QED) is 0.0656. The third kappa shape index (κ3) is 19.9. The van der Waals surface area contributed by atoms with E-state index < -0.39 is 12.2 Å². The normalized spacial score (nSPS) is 15.1. The summed E-state index contributed by atoms with van der Waals surface area (Å²) in [5.74, 6) is 3.47. The average Bonchev–Trinajstić information content (AvgIpc) is 3.89. The summed E-state index contributed by atoms with van der Waals surface area (Å²) < 4.78 is 25.2. The number of fused-ring (bicyclic) bond motifs is 2. The first-order chi connectivity index (χ1) is 32.0. The summed E-state index contributed by atoms with van der Waals surface area (Å²) >= 11 is 6.66. The number of piperazine rings is 2. The van der Waals surface area contributed by atoms with Gasteiger partial charge in [0.05, 0.1) is 37.1 Å². The number of aliphatic hydroxyl groups is 3. The van der Waals surface area contributed by atoms with E-state index in [0.29, 0.717) is 32.9 Å². The van der Waals surface area contributed by atoms with Gasteiger partial charge in [-0.2, -0.15) is 0 Å². The fourth-order valence-corrected chi connectivity index (χ4v) is 9.05. The van der Waals surface area contributed by atoms with Crippen molar-refractivity contribution in [3.8, 4) is 23.0 Å². The first-order valence-corrected chi connectivity index (χ1v) is 25.6. The lowest BCUT2D eigenvalue weighted by Gasteiger charge is -2.35. The van der Waals surface area contributed by atoms with Gasteiger partial charge in [0, 0.05) is 96.1 Å². The van der Waals surface area contributed by atoms with Crippen LogP contribution >= 0.6 is 38.6 Å². The van der Waals surface area contributed by atoms with E-state index in [1.165, 1.54) is 15.8 Å². The van der Waals surface area contributed by atoms with Crippen LogP contribution in [0.3, 0.4) is 0 Å². The van der Waals surface area contributed by atoms with Crippen LogP contribution in [0.2, 0.25) is 0 Å². The summed E-state index contributed by atoms with van der Waals surface area (Å²) in [7, 11) is 0. The van der Waals surface area contributed by atoms with Gasteiger partial charge in [0.25, 0.3) is 0 Å². The molecule has 2 saturated heterocycles. The standard InChI is InChI=1S/C24H31N3O3S.C15H21N3O2S.C9H11BrO.C2H6O.CH4/c1-18-5-3-4-6-23(18)29-14-13-26-9-11-27(12-10-26)16-20(28)17-30-21-7-8-24-22(15-21)25-19(2)31-24;1-11-17-14-8-13(2-3-15(14)21-11)20-10-12(19)9-18-6-4-16-5-7-18;1-8-4-2-3-5-9(8)11-7-6-10;1-2-3;/h3-8,15,20,28H,9-14,16-17H2,1-2H3;2-3,8,12,16,19H,4-7,9-10H2,1H3;2-5H,6-7H2,1H3;3H,2H2,1H3;1H4/t20-;12-;;;/m11.../s1. The Morgan fingerprint density at radius 1 is 0.627 bits per heavy atom. The van der Waals surface area contributed by atoms with E-state index in [9.17, 15) is 10.2 Å². The number of para-hydroxylation sites is 2. The third-order valence-electron chi connectivity index (χ3n) is 10.6. The number of rotatable bonds is 17. The first-order valence-electron chi connectivity index (χ1n) is 22.8. The van der Waals surface area contributed by atoms with E-state index in [1.807, 2.05) is 99.6 Å². The van der Waals surface area contributed by atoms with E-state index in [-0.39, 0.29) is 14.0 Å². The highest BCUT2D eigenvalue weighted by Gasteiger charge is 2.20. The summed E-state index contributed by atoms with van der Waals surface area (Å²) in [5.41, 5.74) is 4.28. The third-order valence-corrected chi connectivity index (χ3v) is 12.8. The molecule has 0 saturated carbocycles. The molecule has 16 heteroatoms. The number of aliphatic hydroxyl groups excluding tert-OH is 3. The summed E-state index contributed by atoms with van der Waals surface area (Å²) in [6.07, 6.45) is -0.972. The molecular formula is C51H73BrN6O7S2. The Hall–Kier alpha value is -3.94. The fraction of sp³-hybridized carbons (Fsp3) is 0.490. The SMILES string of the molecule is C.CCO.Cc1ccccc1OCCBr.Cc1nc2cc(OC[C@H](O)CN3CCN(CCOc4ccccc4C)CC3)ccc2s1.Cc1nc2cc(OC[C@H](O)CN3CCNCC3)ccc2s1. The molecule has 4 aromatic carbocycles. The smallest absolute Gasteiger partial charge is 0.122 e. The molecule has 0 radical (unpaired) electrons. The summed E-state index contributed by atoms with van der Waals surface area (Å²) in [6, 6.07) is 28.0. The van der Waals surface area contributed by atoms with Crippen molar-refractivity contribution < 1.29 is 34.3 Å². The molecule has 0 aliphatic carbocycles. The molecule has 67 heavy (non-hydrogen) atoms. The van der Waals surface area contributed by atoms with Crippen LogP contribution in [-0.4, -0.2) is 163 Å². The Balaban J connectivity index is 0.000000234. The minimum Gasteiger partial charge on any atom is -0.492 e. The number of hydrogen-bond acceptors (Lipinski definition) is 15. The molecule has 0 bridgehead atoms. The predicted molar refractivity (Wildman–Crippen MR) is 281 cm³/mol. The molecule has 0 unspecified atom stereocenters. The zero-order valence-corrected chi connectivity index (χ0v) is 42.4. The van der Waals surface area contributed by atoms with E-state index in [0.717, 1.165) is 120 Å². The molecule has 368 valence electrons. The van der Waals surface area contributed by atoms with Crippen molar-refractivity contribution in [3.05, 3.63) is 106 Å². The van der Waals surface area contributed by atoms with Gasteiger partial charge in [0.1, 0.15) is 55.0 Å². The van der Waals surface area contributed by atoms with E-state index in [1.54, 1.807) is 29.6 Å². The number of hydrogen-bond donors (Lipinski definition) is 4. The van der Waals surface area contributed by atoms with Gasteiger partial charge >= 0.3 is 0 Å². The molecule has 2 aliphatic rings. The van der Waals surface area contributed by atoms with Crippen molar-refractivity contribution in [2.75, 3.05) is 110 Å². The molecule has 2 atom stereocenters. The molecule has 0 amide bonds. The highest BCUT2D eigenvalue weighted by molar-refractivity contribution is 9.09. The van der Waals surface area contributed by atoms with Crippen LogP contribution in [0.25, 0.3) is 20.4 Å². The monoisotopic (exact) mass is 1020 g/mol. The number of alkyl halides is 1. The van der Waals surface area contributed by atoms with Gasteiger partial charge in [0.15, 0.2) is 0 Å². The highest BCUT2D eigenvalue weighted by Crippen LogP contribution is 2.27. The van der Waals surface area contributed by atoms with Gasteiger partial charge in [0.2, 0.25) is 0 Å². The van der Waals surface area contributed by atoms with Gasteiger partial charge in [-0.1, -0.05) is 59.8 Å². The number of aromatic nitrogens is 2. The Labute approximate surface area is 414 Å².